The summed E-state index contributed by atoms with van der Waals surface area (Å²) in [4.78, 5) is 33.6. The lowest BCUT2D eigenvalue weighted by Crippen LogP contribution is -2.36. The largest absolute Gasteiger partial charge is 0.465 e. The van der Waals surface area contributed by atoms with Crippen LogP contribution < -0.4 is 0 Å². The number of hydrogen-bond donors (Lipinski definition) is 0. The Morgan fingerprint density at radius 3 is 2.38 bits per heavy atom. The van der Waals surface area contributed by atoms with Crippen molar-refractivity contribution in [3.05, 3.63) is 0 Å². The van der Waals surface area contributed by atoms with Gasteiger partial charge in [-0.3, -0.25) is 14.4 Å². The third-order valence-electron chi connectivity index (χ3n) is 2.01. The quantitative estimate of drug-likeness (QED) is 0.463. The summed E-state index contributed by atoms with van der Waals surface area (Å²) in [6.45, 7) is 1.85. The molecule has 4 nitrogen and oxygen atoms in total. The maximum atomic E-state index is 11.2. The molecule has 1 saturated carbocycles. The predicted molar refractivity (Wildman–Crippen MR) is 44.0 cm³/mol. The molecule has 1 aliphatic carbocycles. The second kappa shape index (κ2) is 4.16. The van der Waals surface area contributed by atoms with Crippen molar-refractivity contribution in [3.8, 4) is 0 Å². The fraction of sp³-hybridized carbons (Fsp3) is 0.667. The first kappa shape index (κ1) is 9.89. The van der Waals surface area contributed by atoms with Crippen molar-refractivity contribution in [2.24, 2.45) is 5.92 Å². The van der Waals surface area contributed by atoms with E-state index in [0.717, 1.165) is 0 Å². The molecule has 0 spiro atoms. The van der Waals surface area contributed by atoms with Crippen LogP contribution >= 0.6 is 0 Å². The summed E-state index contributed by atoms with van der Waals surface area (Å²) < 4.78 is 4.64. The van der Waals surface area contributed by atoms with Gasteiger partial charge in [-0.25, -0.2) is 0 Å². The molecule has 0 bridgehead atoms. The van der Waals surface area contributed by atoms with Crippen LogP contribution in [-0.4, -0.2) is 24.1 Å². The number of ketones is 2. The number of ether oxygens (including phenoxy) is 1. The molecule has 0 heterocycles. The van der Waals surface area contributed by atoms with Gasteiger partial charge >= 0.3 is 5.97 Å². The van der Waals surface area contributed by atoms with Gasteiger partial charge < -0.3 is 4.74 Å². The van der Waals surface area contributed by atoms with Crippen molar-refractivity contribution in [1.82, 2.24) is 0 Å². The Bertz CT molecular complexity index is 228. The van der Waals surface area contributed by atoms with E-state index in [1.54, 1.807) is 6.92 Å². The molecule has 0 aromatic heterocycles. The van der Waals surface area contributed by atoms with Gasteiger partial charge in [0.2, 0.25) is 0 Å². The summed E-state index contributed by atoms with van der Waals surface area (Å²) in [5.74, 6) is -2.41. The zero-order valence-electron chi connectivity index (χ0n) is 7.54. The lowest BCUT2D eigenvalue weighted by atomic mass is 9.87. The summed E-state index contributed by atoms with van der Waals surface area (Å²) in [6.07, 6.45) is 1.19. The molecule has 0 radical (unpaired) electrons. The third-order valence-corrected chi connectivity index (χ3v) is 2.01. The van der Waals surface area contributed by atoms with E-state index in [2.05, 4.69) is 4.74 Å². The number of Topliss-reactive ketones (excluding diaryl/α,β-unsaturated/α-hetero) is 2. The fourth-order valence-corrected chi connectivity index (χ4v) is 1.39. The summed E-state index contributed by atoms with van der Waals surface area (Å²) in [7, 11) is 0. The van der Waals surface area contributed by atoms with E-state index < -0.39 is 11.9 Å². The zero-order valence-corrected chi connectivity index (χ0v) is 7.54. The van der Waals surface area contributed by atoms with E-state index in [0.29, 0.717) is 19.3 Å². The summed E-state index contributed by atoms with van der Waals surface area (Å²) >= 11 is 0. The van der Waals surface area contributed by atoms with E-state index >= 15 is 0 Å². The van der Waals surface area contributed by atoms with Crippen molar-refractivity contribution in [3.63, 3.8) is 0 Å². The molecule has 0 aromatic carbocycles. The fourth-order valence-electron chi connectivity index (χ4n) is 1.39. The van der Waals surface area contributed by atoms with Crippen LogP contribution in [-0.2, 0) is 19.1 Å². The van der Waals surface area contributed by atoms with Gasteiger partial charge in [-0.05, 0) is 13.3 Å². The minimum Gasteiger partial charge on any atom is -0.465 e. The SMILES string of the molecule is CCOC(=O)C1C(=O)CCCC1=O. The van der Waals surface area contributed by atoms with Crippen molar-refractivity contribution in [2.75, 3.05) is 6.61 Å². The maximum absolute atomic E-state index is 11.2. The van der Waals surface area contributed by atoms with Crippen LogP contribution in [0.5, 0.6) is 0 Å². The van der Waals surface area contributed by atoms with Crippen LogP contribution in [0.25, 0.3) is 0 Å². The molecule has 13 heavy (non-hydrogen) atoms. The van der Waals surface area contributed by atoms with Gasteiger partial charge in [-0.2, -0.15) is 0 Å². The molecular weight excluding hydrogens is 172 g/mol. The van der Waals surface area contributed by atoms with Gasteiger partial charge in [0.1, 0.15) is 0 Å². The monoisotopic (exact) mass is 184 g/mol. The molecule has 0 N–H and O–H groups in total. The first-order valence-corrected chi connectivity index (χ1v) is 4.39. The predicted octanol–water partition coefficient (Wildman–Crippen LogP) is 0.488. The van der Waals surface area contributed by atoms with E-state index in [1.165, 1.54) is 0 Å². The molecule has 1 aliphatic rings. The molecule has 72 valence electrons. The van der Waals surface area contributed by atoms with Crippen molar-refractivity contribution in [2.45, 2.75) is 26.2 Å². The summed E-state index contributed by atoms with van der Waals surface area (Å²) in [5, 5.41) is 0. The van der Waals surface area contributed by atoms with Gasteiger partial charge in [-0.15, -0.1) is 0 Å². The lowest BCUT2D eigenvalue weighted by molar-refractivity contribution is -0.156. The Balaban J connectivity index is 2.68. The average Bonchev–Trinajstić information content (AvgIpc) is 2.04. The van der Waals surface area contributed by atoms with Crippen molar-refractivity contribution in [1.29, 1.82) is 0 Å². The van der Waals surface area contributed by atoms with Crippen LogP contribution in [0.2, 0.25) is 0 Å². The van der Waals surface area contributed by atoms with E-state index in [9.17, 15) is 14.4 Å². The van der Waals surface area contributed by atoms with Crippen molar-refractivity contribution >= 4 is 17.5 Å². The van der Waals surface area contributed by atoms with Crippen LogP contribution in [0.3, 0.4) is 0 Å². The first-order valence-electron chi connectivity index (χ1n) is 4.39. The molecule has 0 amide bonds. The lowest BCUT2D eigenvalue weighted by Gasteiger charge is -2.17. The van der Waals surface area contributed by atoms with Gasteiger partial charge in [0.15, 0.2) is 17.5 Å². The van der Waals surface area contributed by atoms with Crippen LogP contribution in [0.15, 0.2) is 0 Å². The molecule has 4 heteroatoms. The van der Waals surface area contributed by atoms with Crippen LogP contribution in [0, 0.1) is 5.92 Å². The summed E-state index contributed by atoms with van der Waals surface area (Å²) in [6, 6.07) is 0. The number of rotatable bonds is 2. The topological polar surface area (TPSA) is 60.4 Å². The number of hydrogen-bond acceptors (Lipinski definition) is 4. The number of esters is 1. The van der Waals surface area contributed by atoms with Gasteiger partial charge in [-0.1, -0.05) is 0 Å². The highest BCUT2D eigenvalue weighted by Gasteiger charge is 2.36. The minimum absolute atomic E-state index is 0.204. The van der Waals surface area contributed by atoms with E-state index in [-0.39, 0.29) is 18.2 Å². The molecule has 0 saturated heterocycles. The normalized spacial score (nSPS) is 18.8. The second-order valence-electron chi connectivity index (χ2n) is 2.97. The molecular formula is C9H12O4. The molecule has 1 rings (SSSR count). The second-order valence-corrected chi connectivity index (χ2v) is 2.97. The Hall–Kier alpha value is -1.19. The summed E-state index contributed by atoms with van der Waals surface area (Å²) in [5.41, 5.74) is 0. The average molecular weight is 184 g/mol. The van der Waals surface area contributed by atoms with Crippen molar-refractivity contribution < 1.29 is 19.1 Å². The highest BCUT2D eigenvalue weighted by atomic mass is 16.5. The molecule has 0 aromatic rings. The van der Waals surface area contributed by atoms with Crippen LogP contribution in [0.4, 0.5) is 0 Å². The van der Waals surface area contributed by atoms with E-state index in [4.69, 9.17) is 0 Å². The highest BCUT2D eigenvalue weighted by Crippen LogP contribution is 2.18. The van der Waals surface area contributed by atoms with Gasteiger partial charge in [0.25, 0.3) is 0 Å². The maximum Gasteiger partial charge on any atom is 0.324 e. The Labute approximate surface area is 76.3 Å². The third kappa shape index (κ3) is 2.14. The Morgan fingerprint density at radius 1 is 1.38 bits per heavy atom. The minimum atomic E-state index is -1.13. The Kier molecular flexibility index (Phi) is 3.17. The highest BCUT2D eigenvalue weighted by molar-refractivity contribution is 6.18. The Morgan fingerprint density at radius 2 is 1.92 bits per heavy atom. The smallest absolute Gasteiger partial charge is 0.324 e. The van der Waals surface area contributed by atoms with Crippen LogP contribution in [0.1, 0.15) is 26.2 Å². The number of carbonyl (C=O) groups is 3. The van der Waals surface area contributed by atoms with Gasteiger partial charge in [0, 0.05) is 12.8 Å². The molecule has 1 fully saturated rings. The number of carbonyl (C=O) groups excluding carboxylic acids is 3. The molecule has 0 aliphatic heterocycles. The zero-order chi connectivity index (χ0) is 9.84. The molecule has 0 unspecified atom stereocenters. The molecule has 0 atom stereocenters. The first-order chi connectivity index (χ1) is 6.16. The van der Waals surface area contributed by atoms with E-state index in [1.807, 2.05) is 0 Å². The van der Waals surface area contributed by atoms with Gasteiger partial charge in [0.05, 0.1) is 6.61 Å². The standard InChI is InChI=1S/C9H12O4/c1-2-13-9(12)8-6(10)4-3-5-7(8)11/h8H,2-5H2,1H3.